The summed E-state index contributed by atoms with van der Waals surface area (Å²) >= 11 is 1.45. The summed E-state index contributed by atoms with van der Waals surface area (Å²) < 4.78 is 12.8. The highest BCUT2D eigenvalue weighted by Gasteiger charge is 2.11. The van der Waals surface area contributed by atoms with Crippen LogP contribution < -0.4 is 14.8 Å². The van der Waals surface area contributed by atoms with E-state index in [4.69, 9.17) is 9.47 Å². The highest BCUT2D eigenvalue weighted by Crippen LogP contribution is 2.28. The Morgan fingerprint density at radius 3 is 2.59 bits per heavy atom. The van der Waals surface area contributed by atoms with Gasteiger partial charge in [-0.25, -0.2) is 4.98 Å². The third-order valence-electron chi connectivity index (χ3n) is 5.13. The zero-order valence-corrected chi connectivity index (χ0v) is 18.9. The summed E-state index contributed by atoms with van der Waals surface area (Å²) in [6, 6.07) is 20.0. The Kier molecular flexibility index (Phi) is 6.97. The molecule has 4 aromatic rings. The molecule has 1 amide bonds. The zero-order valence-electron chi connectivity index (χ0n) is 18.1. The fourth-order valence-electron chi connectivity index (χ4n) is 3.51. The molecule has 0 spiro atoms. The number of pyridine rings is 1. The first-order valence-electron chi connectivity index (χ1n) is 10.3. The first-order chi connectivity index (χ1) is 15.7. The van der Waals surface area contributed by atoms with Gasteiger partial charge in [0.15, 0.2) is 11.5 Å². The van der Waals surface area contributed by atoms with Crippen LogP contribution in [0.4, 0.5) is 0 Å². The molecule has 4 rings (SSSR count). The lowest BCUT2D eigenvalue weighted by Crippen LogP contribution is -2.24. The van der Waals surface area contributed by atoms with E-state index in [0.29, 0.717) is 23.8 Å². The Balaban J connectivity index is 1.37. The second-order valence-electron chi connectivity index (χ2n) is 7.23. The normalized spacial score (nSPS) is 10.8. The van der Waals surface area contributed by atoms with Crippen LogP contribution in [0.3, 0.4) is 0 Å². The number of fused-ring (bicyclic) bond motifs is 1. The van der Waals surface area contributed by atoms with E-state index in [-0.39, 0.29) is 5.91 Å². The summed E-state index contributed by atoms with van der Waals surface area (Å²) in [6.07, 6.45) is 3.87. The molecule has 2 aromatic heterocycles. The van der Waals surface area contributed by atoms with Gasteiger partial charge >= 0.3 is 0 Å². The molecule has 0 aliphatic rings. The van der Waals surface area contributed by atoms with Gasteiger partial charge in [0.25, 0.3) is 0 Å². The van der Waals surface area contributed by atoms with Crippen molar-refractivity contribution in [2.75, 3.05) is 20.0 Å². The largest absolute Gasteiger partial charge is 0.493 e. The van der Waals surface area contributed by atoms with Gasteiger partial charge in [-0.15, -0.1) is 0 Å². The molecule has 7 heteroatoms. The van der Waals surface area contributed by atoms with Crippen LogP contribution in [0.5, 0.6) is 11.5 Å². The van der Waals surface area contributed by atoms with Crippen molar-refractivity contribution in [1.82, 2.24) is 14.9 Å². The van der Waals surface area contributed by atoms with E-state index in [0.717, 1.165) is 28.0 Å². The molecule has 2 heterocycles. The number of benzene rings is 2. The monoisotopic (exact) mass is 447 g/mol. The SMILES string of the molecule is COc1ccc(CNC(=O)CSc2nccc3c2ccn3Cc2ccccc2)cc1OC. The number of aromatic nitrogens is 2. The second-order valence-corrected chi connectivity index (χ2v) is 8.20. The molecule has 0 radical (unpaired) electrons. The molecular formula is C25H25N3O3S. The average Bonchev–Trinajstić information content (AvgIpc) is 3.25. The molecular weight excluding hydrogens is 422 g/mol. The molecule has 0 aliphatic carbocycles. The van der Waals surface area contributed by atoms with Crippen molar-refractivity contribution in [2.45, 2.75) is 18.1 Å². The highest BCUT2D eigenvalue weighted by molar-refractivity contribution is 8.00. The summed E-state index contributed by atoms with van der Waals surface area (Å²) in [6.45, 7) is 1.22. The van der Waals surface area contributed by atoms with E-state index in [2.05, 4.69) is 39.3 Å². The minimum absolute atomic E-state index is 0.0488. The number of amides is 1. The van der Waals surface area contributed by atoms with Crippen molar-refractivity contribution in [3.05, 3.63) is 84.2 Å². The number of thioether (sulfide) groups is 1. The summed E-state index contributed by atoms with van der Waals surface area (Å²) in [5, 5.41) is 4.87. The fourth-order valence-corrected chi connectivity index (χ4v) is 4.34. The van der Waals surface area contributed by atoms with Crippen LogP contribution in [-0.2, 0) is 17.9 Å². The van der Waals surface area contributed by atoms with Crippen LogP contribution in [0.1, 0.15) is 11.1 Å². The number of carbonyl (C=O) groups is 1. The van der Waals surface area contributed by atoms with Crippen LogP contribution in [0.15, 0.2) is 78.1 Å². The van der Waals surface area contributed by atoms with Gasteiger partial charge in [-0.1, -0.05) is 48.2 Å². The Hall–Kier alpha value is -3.45. The zero-order chi connectivity index (χ0) is 22.3. The van der Waals surface area contributed by atoms with Gasteiger partial charge in [-0.05, 0) is 35.4 Å². The quantitative estimate of drug-likeness (QED) is 0.383. The number of methoxy groups -OCH3 is 2. The van der Waals surface area contributed by atoms with Crippen molar-refractivity contribution in [2.24, 2.45) is 0 Å². The van der Waals surface area contributed by atoms with Crippen LogP contribution in [0, 0.1) is 0 Å². The van der Waals surface area contributed by atoms with Gasteiger partial charge in [0.2, 0.25) is 5.91 Å². The minimum atomic E-state index is -0.0488. The van der Waals surface area contributed by atoms with Crippen molar-refractivity contribution in [3.8, 4) is 11.5 Å². The van der Waals surface area contributed by atoms with E-state index in [1.54, 1.807) is 20.4 Å². The molecule has 0 saturated heterocycles. The molecule has 164 valence electrons. The Labute approximate surface area is 191 Å². The fraction of sp³-hybridized carbons (Fsp3) is 0.200. The Morgan fingerprint density at radius 2 is 1.81 bits per heavy atom. The maximum absolute atomic E-state index is 12.4. The molecule has 1 N–H and O–H groups in total. The third kappa shape index (κ3) is 5.06. The Morgan fingerprint density at radius 1 is 1.00 bits per heavy atom. The Bertz CT molecular complexity index is 1210. The molecule has 0 aliphatic heterocycles. The van der Waals surface area contributed by atoms with Crippen molar-refractivity contribution in [3.63, 3.8) is 0 Å². The van der Waals surface area contributed by atoms with Crippen molar-refractivity contribution >= 4 is 28.6 Å². The van der Waals surface area contributed by atoms with Crippen LogP contribution >= 0.6 is 11.8 Å². The molecule has 0 bridgehead atoms. The van der Waals surface area contributed by atoms with Gasteiger partial charge in [0, 0.05) is 30.9 Å². The average molecular weight is 448 g/mol. The number of ether oxygens (including phenoxy) is 2. The van der Waals surface area contributed by atoms with E-state index in [1.807, 2.05) is 42.5 Å². The molecule has 0 saturated carbocycles. The lowest BCUT2D eigenvalue weighted by molar-refractivity contribution is -0.118. The van der Waals surface area contributed by atoms with E-state index >= 15 is 0 Å². The third-order valence-corrected chi connectivity index (χ3v) is 6.14. The second kappa shape index (κ2) is 10.2. The highest BCUT2D eigenvalue weighted by atomic mass is 32.2. The maximum Gasteiger partial charge on any atom is 0.230 e. The predicted octanol–water partition coefficient (Wildman–Crippen LogP) is 4.51. The van der Waals surface area contributed by atoms with Gasteiger partial charge in [0.1, 0.15) is 5.03 Å². The van der Waals surface area contributed by atoms with Crippen molar-refractivity contribution in [1.29, 1.82) is 0 Å². The van der Waals surface area contributed by atoms with Gasteiger partial charge < -0.3 is 19.4 Å². The number of hydrogen-bond acceptors (Lipinski definition) is 5. The van der Waals surface area contributed by atoms with E-state index < -0.39 is 0 Å². The molecule has 0 fully saturated rings. The van der Waals surface area contributed by atoms with Crippen LogP contribution in [-0.4, -0.2) is 35.4 Å². The molecule has 32 heavy (non-hydrogen) atoms. The van der Waals surface area contributed by atoms with Crippen LogP contribution in [0.25, 0.3) is 10.9 Å². The first kappa shape index (κ1) is 21.8. The maximum atomic E-state index is 12.4. The van der Waals surface area contributed by atoms with Gasteiger partial charge in [0.05, 0.1) is 25.5 Å². The number of rotatable bonds is 9. The van der Waals surface area contributed by atoms with E-state index in [9.17, 15) is 4.79 Å². The number of nitrogens with one attached hydrogen (secondary N) is 1. The number of nitrogens with zero attached hydrogens (tertiary/aromatic N) is 2. The lowest BCUT2D eigenvalue weighted by Gasteiger charge is -2.10. The number of hydrogen-bond donors (Lipinski definition) is 1. The topological polar surface area (TPSA) is 65.4 Å². The summed E-state index contributed by atoms with van der Waals surface area (Å²) in [5.41, 5.74) is 3.29. The molecule has 0 unspecified atom stereocenters. The predicted molar refractivity (Wildman–Crippen MR) is 127 cm³/mol. The molecule has 6 nitrogen and oxygen atoms in total. The van der Waals surface area contributed by atoms with Gasteiger partial charge in [-0.3, -0.25) is 4.79 Å². The smallest absolute Gasteiger partial charge is 0.230 e. The standard InChI is InChI=1S/C25H25N3O3S/c1-30-22-9-8-19(14-23(22)31-2)15-27-24(29)17-32-25-20-11-13-28(21(20)10-12-26-25)16-18-6-4-3-5-7-18/h3-14H,15-17H2,1-2H3,(H,27,29). The molecule has 2 aromatic carbocycles. The van der Waals surface area contributed by atoms with Crippen molar-refractivity contribution < 1.29 is 14.3 Å². The minimum Gasteiger partial charge on any atom is -0.493 e. The first-order valence-corrected chi connectivity index (χ1v) is 11.2. The lowest BCUT2D eigenvalue weighted by atomic mass is 10.2. The molecule has 0 atom stereocenters. The summed E-state index contributed by atoms with van der Waals surface area (Å²) in [5.74, 6) is 1.55. The number of carbonyl (C=O) groups excluding carboxylic acids is 1. The van der Waals surface area contributed by atoms with E-state index in [1.165, 1.54) is 17.3 Å². The van der Waals surface area contributed by atoms with Crippen LogP contribution in [0.2, 0.25) is 0 Å². The van der Waals surface area contributed by atoms with Gasteiger partial charge in [-0.2, -0.15) is 0 Å². The summed E-state index contributed by atoms with van der Waals surface area (Å²) in [4.78, 5) is 16.9. The summed E-state index contributed by atoms with van der Waals surface area (Å²) in [7, 11) is 3.19.